The number of rotatable bonds is 8. The third-order valence-electron chi connectivity index (χ3n) is 29.7. The van der Waals surface area contributed by atoms with Crippen molar-refractivity contribution in [2.24, 2.45) is 0 Å². The van der Waals surface area contributed by atoms with Crippen LogP contribution in [0.4, 0.5) is 28.4 Å². The molecule has 3 saturated carbocycles. The second-order valence-corrected chi connectivity index (χ2v) is 38.6. The molecule has 1 saturated heterocycles. The Morgan fingerprint density at radius 2 is 0.585 bits per heavy atom. The molecule has 8 aliphatic carbocycles. The molecule has 0 atom stereocenters. The van der Waals surface area contributed by atoms with Crippen molar-refractivity contribution in [2.45, 2.75) is 132 Å². The van der Waals surface area contributed by atoms with Crippen molar-refractivity contribution in [1.82, 2.24) is 0 Å². The zero-order valence-corrected chi connectivity index (χ0v) is 72.6. The van der Waals surface area contributed by atoms with Crippen LogP contribution in [0.15, 0.2) is 362 Å². The van der Waals surface area contributed by atoms with E-state index in [-0.39, 0.29) is 45.4 Å². The van der Waals surface area contributed by atoms with E-state index in [4.69, 9.17) is 9.31 Å². The van der Waals surface area contributed by atoms with E-state index in [1.165, 1.54) is 210 Å². The van der Waals surface area contributed by atoms with Crippen LogP contribution in [0.2, 0.25) is 0 Å². The molecular weight excluding hydrogens is 1560 g/mol. The number of para-hydroxylation sites is 4. The topological polar surface area (TPSA) is 33.7 Å². The number of hydrogen-bond donors (Lipinski definition) is 1. The predicted octanol–water partition coefficient (Wildman–Crippen LogP) is 30.6. The molecule has 9 aliphatic rings. The highest BCUT2D eigenvalue weighted by molar-refractivity contribution is 9.10. The van der Waals surface area contributed by atoms with Gasteiger partial charge in [-0.3, -0.25) is 0 Å². The maximum Gasteiger partial charge on any atom is 0.495 e. The average molecular weight is 1650 g/mol. The summed E-state index contributed by atoms with van der Waals surface area (Å²) in [5.41, 5.74) is 40.4. The molecule has 0 bridgehead atoms. The number of benzene rings is 17. The van der Waals surface area contributed by atoms with Crippen LogP contribution >= 0.6 is 15.9 Å². The minimum Gasteiger partial charge on any atom is -0.399 e. The molecule has 0 radical (unpaired) electrons. The number of hydrogen-bond acceptors (Lipinski definition) is 4. The molecule has 17 aromatic carbocycles. The van der Waals surface area contributed by atoms with Crippen LogP contribution < -0.4 is 15.7 Å². The summed E-state index contributed by atoms with van der Waals surface area (Å²) in [5.74, 6) is 0. The largest absolute Gasteiger partial charge is 0.495 e. The van der Waals surface area contributed by atoms with Crippen molar-refractivity contribution in [2.75, 3.05) is 10.2 Å². The molecule has 26 rings (SSSR count). The van der Waals surface area contributed by atoms with Crippen LogP contribution in [0.3, 0.4) is 0 Å². The molecule has 0 amide bonds. The summed E-state index contributed by atoms with van der Waals surface area (Å²) in [7, 11) is -0.332. The lowest BCUT2D eigenvalue weighted by Gasteiger charge is -2.32. The summed E-state index contributed by atoms with van der Waals surface area (Å²) in [6.45, 7) is 18.0. The van der Waals surface area contributed by atoms with Crippen LogP contribution in [0.1, 0.15) is 150 Å². The number of fused-ring (bicyclic) bond motifs is 18. The normalized spacial score (nSPS) is 17.0. The second-order valence-electron chi connectivity index (χ2n) is 37.7. The van der Waals surface area contributed by atoms with Gasteiger partial charge in [0.1, 0.15) is 0 Å². The maximum atomic E-state index is 6.40. The Morgan fingerprint density at radius 3 is 1.01 bits per heavy atom. The predicted molar refractivity (Wildman–Crippen MR) is 518 cm³/mol. The molecule has 6 heteroatoms. The van der Waals surface area contributed by atoms with E-state index >= 15 is 0 Å². The third kappa shape index (κ3) is 11.8. The zero-order valence-electron chi connectivity index (χ0n) is 71.0. The summed E-state index contributed by atoms with van der Waals surface area (Å²) in [4.78, 5) is 2.37. The number of halogens is 1. The highest BCUT2D eigenvalue weighted by Crippen LogP contribution is 2.66. The lowest BCUT2D eigenvalue weighted by Crippen LogP contribution is -2.41. The monoisotopic (exact) mass is 1650 g/mol. The fourth-order valence-corrected chi connectivity index (χ4v) is 22.7. The van der Waals surface area contributed by atoms with Crippen molar-refractivity contribution in [1.29, 1.82) is 0 Å². The Hall–Kier alpha value is -12.4. The minimum absolute atomic E-state index is 0.0200. The number of nitrogens with one attached hydrogen (secondary N) is 1. The molecule has 1 heterocycles. The van der Waals surface area contributed by atoms with Gasteiger partial charge >= 0.3 is 7.12 Å². The van der Waals surface area contributed by atoms with Gasteiger partial charge in [-0.05, 0) is 322 Å². The van der Waals surface area contributed by atoms with Crippen LogP contribution in [0.25, 0.3) is 110 Å². The Bertz CT molecular complexity index is 7100. The highest BCUT2D eigenvalue weighted by atomic mass is 79.9. The Morgan fingerprint density at radius 1 is 0.260 bits per heavy atom. The van der Waals surface area contributed by atoms with Crippen molar-refractivity contribution in [3.8, 4) is 77.9 Å². The summed E-state index contributed by atoms with van der Waals surface area (Å²) in [5, 5.41) is 11.6. The summed E-state index contributed by atoms with van der Waals surface area (Å²) < 4.78 is 14.0. The van der Waals surface area contributed by atoms with Crippen molar-refractivity contribution < 1.29 is 9.31 Å². The third-order valence-corrected chi connectivity index (χ3v) is 30.2. The second kappa shape index (κ2) is 28.1. The number of nitrogens with zero attached hydrogens (tertiary/aromatic N) is 1. The van der Waals surface area contributed by atoms with Gasteiger partial charge in [0.05, 0.1) is 11.2 Å². The average Bonchev–Trinajstić information content (AvgIpc) is 1.62. The lowest BCUT2D eigenvalue weighted by molar-refractivity contribution is 0.00578. The van der Waals surface area contributed by atoms with Crippen molar-refractivity contribution in [3.63, 3.8) is 0 Å². The first-order valence-electron chi connectivity index (χ1n) is 44.2. The quantitative estimate of drug-likeness (QED) is 0.154. The van der Waals surface area contributed by atoms with E-state index in [1.807, 2.05) is 60.7 Å². The highest BCUT2D eigenvalue weighted by Gasteiger charge is 2.56. The van der Waals surface area contributed by atoms with Crippen LogP contribution in [0, 0.1) is 0 Å². The Labute approximate surface area is 731 Å². The van der Waals surface area contributed by atoms with E-state index in [0.717, 1.165) is 32.7 Å². The molecule has 4 nitrogen and oxygen atoms in total. The van der Waals surface area contributed by atoms with E-state index in [0.29, 0.717) is 0 Å². The zero-order chi connectivity index (χ0) is 83.1. The maximum absolute atomic E-state index is 6.40. The SMILES string of the molecule is CC1(C)OB(c2ccc3c4c(cccc24)-c2ccccc2C32CC2)OC1(C)C.CC1(C)c2cc(-c3ccc4c5c(cccc35)-c3ccccc3C43CC3)ccc2-c2ccc(N(c3ccccc3)c3ccccc3)cc21.CC1(C)c2cc(Br)ccc2-c2ccc(-c3ccc4c5c(cccc35)-c3ccccc3C43CC3)cc21.c1ccc(Nc2ccccc2)cc1. The van der Waals surface area contributed by atoms with Gasteiger partial charge in [0.25, 0.3) is 0 Å². The fourth-order valence-electron chi connectivity index (χ4n) is 22.3. The molecule has 1 N–H and O–H groups in total. The van der Waals surface area contributed by atoms with Gasteiger partial charge in [-0.1, -0.05) is 317 Å². The first-order chi connectivity index (χ1) is 59.8. The first-order valence-corrected chi connectivity index (χ1v) is 45.0. The van der Waals surface area contributed by atoms with Gasteiger partial charge in [-0.2, -0.15) is 0 Å². The molecule has 0 unspecified atom stereocenters. The molecular formula is C117H96BBrN2O2. The first kappa shape index (κ1) is 75.5. The smallest absolute Gasteiger partial charge is 0.399 e. The summed E-state index contributed by atoms with van der Waals surface area (Å²) >= 11 is 3.69. The number of anilines is 5. The summed E-state index contributed by atoms with van der Waals surface area (Å²) in [6.07, 6.45) is 7.48. The van der Waals surface area contributed by atoms with Crippen LogP contribution in [-0.2, 0) is 36.4 Å². The van der Waals surface area contributed by atoms with Crippen molar-refractivity contribution >= 4 is 89.3 Å². The van der Waals surface area contributed by atoms with Gasteiger partial charge in [-0.15, -0.1) is 0 Å². The van der Waals surface area contributed by atoms with Gasteiger partial charge in [0.2, 0.25) is 0 Å². The molecule has 596 valence electrons. The van der Waals surface area contributed by atoms with Crippen molar-refractivity contribution in [3.05, 3.63) is 418 Å². The van der Waals surface area contributed by atoms with Crippen LogP contribution in [-0.4, -0.2) is 18.3 Å². The fraction of sp³-hybridized carbons (Fsp3) is 0.179. The Balaban J connectivity index is 0.000000102. The summed E-state index contributed by atoms with van der Waals surface area (Å²) in [6, 6.07) is 132. The van der Waals surface area contributed by atoms with E-state index < -0.39 is 0 Å². The van der Waals surface area contributed by atoms with E-state index in [2.05, 4.69) is 379 Å². The molecule has 1 aliphatic heterocycles. The Kier molecular flexibility index (Phi) is 17.2. The molecule has 123 heavy (non-hydrogen) atoms. The molecule has 3 spiro atoms. The molecule has 17 aromatic rings. The standard InChI is InChI=1S/C46H35N.C34H25Br.C25H25BO2.C12H11N/c1-45(2)42-28-30(34-24-25-41-44-38(34)17-11-18-39(44)35-16-9-10-19-40(35)46(41)26-27-46)20-22-36(42)37-23-21-33(29-43(37)45)47(31-12-5-3-6-13-31)32-14-7-4-8-15-32;1-33(2)30-18-20(10-12-24(30)25-13-11-21(35)19-31(25)33)22-14-15-29-32-26(22)7-5-8-27(32)23-6-3-4-9-28(23)34(29)16-17-34;1-23(2)24(3,4)28-26(27-23)21-13-12-20-22-17(9-7-10-18(21)22)16-8-5-6-11-19(16)25(20)14-15-25;1-3-7-11(8-4-1)13-12-9-5-2-6-10-12/h3-25,28-29H,26-27H2,1-2H3;3-15,18-19H,16-17H2,1-2H3;5-13H,14-15H2,1-4H3;1-10,13H. The molecule has 0 aromatic heterocycles. The van der Waals surface area contributed by atoms with Gasteiger partial charge in [0.15, 0.2) is 0 Å². The molecule has 4 fully saturated rings. The minimum atomic E-state index is -0.332. The van der Waals surface area contributed by atoms with Gasteiger partial charge in [-0.25, -0.2) is 0 Å². The van der Waals surface area contributed by atoms with E-state index in [9.17, 15) is 0 Å². The van der Waals surface area contributed by atoms with E-state index in [1.54, 1.807) is 0 Å². The van der Waals surface area contributed by atoms with Crippen LogP contribution in [0.5, 0.6) is 0 Å². The van der Waals surface area contributed by atoms with Gasteiger partial charge in [0, 0.05) is 60.0 Å². The van der Waals surface area contributed by atoms with Gasteiger partial charge < -0.3 is 19.5 Å². The lowest BCUT2D eigenvalue weighted by atomic mass is 9.69.